The van der Waals surface area contributed by atoms with Crippen LogP contribution >= 0.6 is 0 Å². The van der Waals surface area contributed by atoms with Crippen molar-refractivity contribution in [1.82, 2.24) is 30.0 Å². The van der Waals surface area contributed by atoms with E-state index < -0.39 is 0 Å². The molecule has 0 aliphatic rings. The molecule has 1 N–H and O–H groups in total. The normalized spacial score (nSPS) is 12.3. The summed E-state index contributed by atoms with van der Waals surface area (Å²) in [4.78, 5) is 21.7. The Morgan fingerprint density at radius 1 is 1.22 bits per heavy atom. The van der Waals surface area contributed by atoms with Gasteiger partial charge < -0.3 is 14.6 Å². The van der Waals surface area contributed by atoms with Crippen LogP contribution in [0.4, 0.5) is 0 Å². The molecule has 142 valence electrons. The number of benzene rings is 1. The molecule has 0 fully saturated rings. The lowest BCUT2D eigenvalue weighted by atomic mass is 10.1. The molecule has 0 aliphatic carbocycles. The third kappa shape index (κ3) is 4.28. The zero-order valence-corrected chi connectivity index (χ0v) is 16.1. The average molecular weight is 368 g/mol. The maximum atomic E-state index is 12.7. The molecule has 2 heterocycles. The summed E-state index contributed by atoms with van der Waals surface area (Å²) in [6.45, 7) is 7.12. The number of aromatic nitrogens is 5. The quantitative estimate of drug-likeness (QED) is 0.643. The van der Waals surface area contributed by atoms with E-state index in [0.29, 0.717) is 23.5 Å². The van der Waals surface area contributed by atoms with Gasteiger partial charge in [-0.15, -0.1) is 10.2 Å². The molecule has 0 unspecified atom stereocenters. The Kier molecular flexibility index (Phi) is 5.75. The predicted molar refractivity (Wildman–Crippen MR) is 101 cm³/mol. The van der Waals surface area contributed by atoms with Gasteiger partial charge in [-0.25, -0.2) is 9.97 Å². The van der Waals surface area contributed by atoms with E-state index in [1.807, 2.05) is 31.4 Å². The molecule has 8 nitrogen and oxygen atoms in total. The number of methoxy groups -OCH3 is 1. The van der Waals surface area contributed by atoms with Gasteiger partial charge in [-0.05, 0) is 45.4 Å². The SMILES string of the molecule is COCCCn1cnnc1[C@@H](C)NC(=O)c1ccc2nc(C)c(C)nc2c1. The van der Waals surface area contributed by atoms with Crippen LogP contribution in [0.15, 0.2) is 24.5 Å². The molecule has 0 radical (unpaired) electrons. The molecule has 1 amide bonds. The van der Waals surface area contributed by atoms with Crippen LogP contribution in [0.3, 0.4) is 0 Å². The van der Waals surface area contributed by atoms with Crippen LogP contribution in [0.25, 0.3) is 11.0 Å². The predicted octanol–water partition coefficient (Wildman–Crippen LogP) is 2.37. The highest BCUT2D eigenvalue weighted by Gasteiger charge is 2.17. The van der Waals surface area contributed by atoms with Gasteiger partial charge in [-0.1, -0.05) is 0 Å². The van der Waals surface area contributed by atoms with E-state index in [9.17, 15) is 4.79 Å². The molecule has 1 aromatic carbocycles. The third-order valence-corrected chi connectivity index (χ3v) is 4.47. The average Bonchev–Trinajstić information content (AvgIpc) is 3.11. The van der Waals surface area contributed by atoms with Crippen LogP contribution in [0.5, 0.6) is 0 Å². The first-order valence-corrected chi connectivity index (χ1v) is 8.92. The van der Waals surface area contributed by atoms with Crippen LogP contribution in [-0.4, -0.2) is 44.4 Å². The fourth-order valence-corrected chi connectivity index (χ4v) is 2.87. The maximum Gasteiger partial charge on any atom is 0.251 e. The first-order valence-electron chi connectivity index (χ1n) is 8.92. The molecule has 3 aromatic rings. The van der Waals surface area contributed by atoms with Crippen LogP contribution in [0.1, 0.15) is 47.0 Å². The number of hydrogen-bond acceptors (Lipinski definition) is 6. The zero-order chi connectivity index (χ0) is 19.4. The lowest BCUT2D eigenvalue weighted by Crippen LogP contribution is -2.28. The zero-order valence-electron chi connectivity index (χ0n) is 16.1. The van der Waals surface area contributed by atoms with E-state index in [-0.39, 0.29) is 11.9 Å². The van der Waals surface area contributed by atoms with Gasteiger partial charge in [0.25, 0.3) is 5.91 Å². The van der Waals surface area contributed by atoms with Crippen molar-refractivity contribution in [3.63, 3.8) is 0 Å². The van der Waals surface area contributed by atoms with Crippen molar-refractivity contribution in [2.75, 3.05) is 13.7 Å². The highest BCUT2D eigenvalue weighted by atomic mass is 16.5. The Bertz CT molecular complexity index is 953. The summed E-state index contributed by atoms with van der Waals surface area (Å²) in [6.07, 6.45) is 2.52. The highest BCUT2D eigenvalue weighted by Crippen LogP contribution is 2.16. The summed E-state index contributed by atoms with van der Waals surface area (Å²) < 4.78 is 7.01. The first kappa shape index (κ1) is 18.9. The third-order valence-electron chi connectivity index (χ3n) is 4.47. The van der Waals surface area contributed by atoms with E-state index in [4.69, 9.17) is 4.74 Å². The van der Waals surface area contributed by atoms with E-state index in [1.165, 1.54) is 0 Å². The van der Waals surface area contributed by atoms with Crippen molar-refractivity contribution in [2.45, 2.75) is 39.8 Å². The molecule has 2 aromatic heterocycles. The molecule has 0 aliphatic heterocycles. The molecular weight excluding hydrogens is 344 g/mol. The molecule has 0 spiro atoms. The lowest BCUT2D eigenvalue weighted by Gasteiger charge is -2.15. The molecule has 0 saturated heterocycles. The van der Waals surface area contributed by atoms with Crippen LogP contribution < -0.4 is 5.32 Å². The van der Waals surface area contributed by atoms with Crippen LogP contribution in [-0.2, 0) is 11.3 Å². The number of nitrogens with zero attached hydrogens (tertiary/aromatic N) is 5. The van der Waals surface area contributed by atoms with Gasteiger partial charge >= 0.3 is 0 Å². The van der Waals surface area contributed by atoms with Crippen LogP contribution in [0.2, 0.25) is 0 Å². The summed E-state index contributed by atoms with van der Waals surface area (Å²) in [5, 5.41) is 11.1. The minimum Gasteiger partial charge on any atom is -0.385 e. The van der Waals surface area contributed by atoms with E-state index in [1.54, 1.807) is 25.6 Å². The van der Waals surface area contributed by atoms with Crippen molar-refractivity contribution in [3.05, 3.63) is 47.3 Å². The van der Waals surface area contributed by atoms with E-state index in [0.717, 1.165) is 29.9 Å². The summed E-state index contributed by atoms with van der Waals surface area (Å²) >= 11 is 0. The number of nitrogens with one attached hydrogen (secondary N) is 1. The summed E-state index contributed by atoms with van der Waals surface area (Å²) in [7, 11) is 1.67. The van der Waals surface area contributed by atoms with E-state index in [2.05, 4.69) is 25.5 Å². The van der Waals surface area contributed by atoms with Gasteiger partial charge in [0, 0.05) is 25.8 Å². The number of carbonyl (C=O) groups is 1. The molecule has 8 heteroatoms. The molecule has 1 atom stereocenters. The minimum atomic E-state index is -0.274. The fraction of sp³-hybridized carbons (Fsp3) is 0.421. The van der Waals surface area contributed by atoms with Crippen LogP contribution in [0, 0.1) is 13.8 Å². The molecule has 0 saturated carbocycles. The van der Waals surface area contributed by atoms with Crippen molar-refractivity contribution >= 4 is 16.9 Å². The molecule has 3 rings (SSSR count). The Labute approximate surface area is 158 Å². The summed E-state index contributed by atoms with van der Waals surface area (Å²) in [5.41, 5.74) is 3.78. The van der Waals surface area contributed by atoms with Gasteiger partial charge in [0.1, 0.15) is 6.33 Å². The smallest absolute Gasteiger partial charge is 0.251 e. The number of hydrogen-bond donors (Lipinski definition) is 1. The number of rotatable bonds is 7. The largest absolute Gasteiger partial charge is 0.385 e. The Hall–Kier alpha value is -2.87. The van der Waals surface area contributed by atoms with Crippen molar-refractivity contribution < 1.29 is 9.53 Å². The van der Waals surface area contributed by atoms with Gasteiger partial charge in [-0.2, -0.15) is 0 Å². The highest BCUT2D eigenvalue weighted by molar-refractivity contribution is 5.97. The van der Waals surface area contributed by atoms with Gasteiger partial charge in [-0.3, -0.25) is 4.79 Å². The van der Waals surface area contributed by atoms with Crippen molar-refractivity contribution in [3.8, 4) is 0 Å². The Morgan fingerprint density at radius 2 is 1.96 bits per heavy atom. The minimum absolute atomic E-state index is 0.184. The second-order valence-corrected chi connectivity index (χ2v) is 6.52. The summed E-state index contributed by atoms with van der Waals surface area (Å²) in [6, 6.07) is 5.07. The molecule has 0 bridgehead atoms. The number of carbonyl (C=O) groups excluding carboxylic acids is 1. The van der Waals surface area contributed by atoms with Gasteiger partial charge in [0.05, 0.1) is 28.5 Å². The number of amides is 1. The first-order chi connectivity index (χ1) is 13.0. The lowest BCUT2D eigenvalue weighted by molar-refractivity contribution is 0.0937. The summed E-state index contributed by atoms with van der Waals surface area (Å²) in [5.74, 6) is 0.530. The maximum absolute atomic E-state index is 12.7. The monoisotopic (exact) mass is 368 g/mol. The number of fused-ring (bicyclic) bond motifs is 1. The van der Waals surface area contributed by atoms with Crippen molar-refractivity contribution in [1.29, 1.82) is 0 Å². The standard InChI is InChI=1S/C19H24N6O2/c1-12-13(2)22-17-10-15(6-7-16(17)21-12)19(26)23-14(3)18-24-20-11-25(18)8-5-9-27-4/h6-7,10-11,14H,5,8-9H2,1-4H3,(H,23,26)/t14-/m1/s1. The Balaban J connectivity index is 1.74. The Morgan fingerprint density at radius 3 is 2.70 bits per heavy atom. The molecule has 27 heavy (non-hydrogen) atoms. The number of aryl methyl sites for hydroxylation is 3. The van der Waals surface area contributed by atoms with Gasteiger partial charge in [0.2, 0.25) is 0 Å². The molecular formula is C19H24N6O2. The second kappa shape index (κ2) is 8.22. The number of ether oxygens (including phenoxy) is 1. The van der Waals surface area contributed by atoms with E-state index >= 15 is 0 Å². The fourth-order valence-electron chi connectivity index (χ4n) is 2.87. The van der Waals surface area contributed by atoms with Crippen molar-refractivity contribution in [2.24, 2.45) is 0 Å². The topological polar surface area (TPSA) is 94.8 Å². The van der Waals surface area contributed by atoms with Gasteiger partial charge in [0.15, 0.2) is 5.82 Å². The second-order valence-electron chi connectivity index (χ2n) is 6.52.